The first-order valence-electron chi connectivity index (χ1n) is 9.74. The quantitative estimate of drug-likeness (QED) is 0.682. The number of hydrogen-bond acceptors (Lipinski definition) is 5. The molecule has 1 aliphatic carbocycles. The van der Waals surface area contributed by atoms with Gasteiger partial charge in [-0.3, -0.25) is 14.5 Å². The third-order valence-electron chi connectivity index (χ3n) is 6.30. The Balaban J connectivity index is 1.49. The van der Waals surface area contributed by atoms with Gasteiger partial charge >= 0.3 is 0 Å². The number of carbonyl (C=O) groups is 2. The van der Waals surface area contributed by atoms with Crippen molar-refractivity contribution < 1.29 is 19.4 Å². The molecule has 2 amide bonds. The van der Waals surface area contributed by atoms with E-state index < -0.39 is 5.60 Å². The molecule has 3 atom stereocenters. The molecule has 3 rings (SSSR count). The first-order valence-corrected chi connectivity index (χ1v) is 9.74. The molecule has 27 heavy (non-hydrogen) atoms. The fraction of sp³-hybridized carbons (Fsp3) is 0.619. The van der Waals surface area contributed by atoms with Gasteiger partial charge in [0.2, 0.25) is 0 Å². The zero-order chi connectivity index (χ0) is 19.8. The SMILES string of the molecule is CCO[C@@H]1C[C@](O)(CN[C@@H](C)CCN2C(=O)c3ccccc3C2=O)C1(C)C. The predicted octanol–water partition coefficient (Wildman–Crippen LogP) is 2.22. The highest BCUT2D eigenvalue weighted by Crippen LogP contribution is 2.50. The van der Waals surface area contributed by atoms with Gasteiger partial charge in [0.05, 0.1) is 22.8 Å². The van der Waals surface area contributed by atoms with E-state index in [0.29, 0.717) is 43.7 Å². The van der Waals surface area contributed by atoms with Crippen molar-refractivity contribution in [1.29, 1.82) is 0 Å². The summed E-state index contributed by atoms with van der Waals surface area (Å²) in [7, 11) is 0. The van der Waals surface area contributed by atoms with Crippen molar-refractivity contribution in [3.05, 3.63) is 35.4 Å². The minimum atomic E-state index is -0.809. The molecule has 6 heteroatoms. The third-order valence-corrected chi connectivity index (χ3v) is 6.30. The van der Waals surface area contributed by atoms with Crippen LogP contribution < -0.4 is 5.32 Å². The van der Waals surface area contributed by atoms with Gasteiger partial charge in [-0.2, -0.15) is 0 Å². The second kappa shape index (κ2) is 7.34. The van der Waals surface area contributed by atoms with Crippen LogP contribution in [0.2, 0.25) is 0 Å². The number of nitrogens with one attached hydrogen (secondary N) is 1. The zero-order valence-electron chi connectivity index (χ0n) is 16.6. The maximum atomic E-state index is 12.4. The normalized spacial score (nSPS) is 27.4. The van der Waals surface area contributed by atoms with Gasteiger partial charge < -0.3 is 15.2 Å². The summed E-state index contributed by atoms with van der Waals surface area (Å²) >= 11 is 0. The highest BCUT2D eigenvalue weighted by molar-refractivity contribution is 6.21. The van der Waals surface area contributed by atoms with Crippen LogP contribution in [0.4, 0.5) is 0 Å². The second-order valence-electron chi connectivity index (χ2n) is 8.28. The molecule has 148 valence electrons. The van der Waals surface area contributed by atoms with E-state index in [1.165, 1.54) is 4.90 Å². The Kier molecular flexibility index (Phi) is 5.43. The maximum absolute atomic E-state index is 12.4. The average Bonchev–Trinajstić information content (AvgIpc) is 2.89. The molecule has 6 nitrogen and oxygen atoms in total. The second-order valence-corrected chi connectivity index (χ2v) is 8.28. The molecule has 1 aromatic carbocycles. The van der Waals surface area contributed by atoms with Gasteiger partial charge in [-0.25, -0.2) is 0 Å². The number of hydrogen-bond donors (Lipinski definition) is 2. The number of amides is 2. The number of ether oxygens (including phenoxy) is 1. The molecule has 0 radical (unpaired) electrons. The molecule has 1 aromatic rings. The van der Waals surface area contributed by atoms with E-state index in [0.717, 1.165) is 0 Å². The number of imide groups is 1. The highest BCUT2D eigenvalue weighted by atomic mass is 16.5. The summed E-state index contributed by atoms with van der Waals surface area (Å²) in [5, 5.41) is 14.3. The molecule has 2 aliphatic rings. The number of nitrogens with zero attached hydrogens (tertiary/aromatic N) is 1. The zero-order valence-corrected chi connectivity index (χ0v) is 16.6. The van der Waals surface area contributed by atoms with Gasteiger partial charge in [0, 0.05) is 37.6 Å². The lowest BCUT2D eigenvalue weighted by Crippen LogP contribution is -2.68. The Bertz CT molecular complexity index is 698. The fourth-order valence-electron chi connectivity index (χ4n) is 3.97. The van der Waals surface area contributed by atoms with E-state index in [9.17, 15) is 14.7 Å². The summed E-state index contributed by atoms with van der Waals surface area (Å²) in [5.74, 6) is -0.442. The third kappa shape index (κ3) is 3.42. The van der Waals surface area contributed by atoms with Crippen molar-refractivity contribution in [3.8, 4) is 0 Å². The summed E-state index contributed by atoms with van der Waals surface area (Å²) in [6.45, 7) is 9.51. The van der Waals surface area contributed by atoms with Crippen molar-refractivity contribution in [1.82, 2.24) is 10.2 Å². The Hall–Kier alpha value is -1.76. The molecule has 2 N–H and O–H groups in total. The van der Waals surface area contributed by atoms with Gasteiger partial charge in [-0.05, 0) is 32.4 Å². The molecule has 0 unspecified atom stereocenters. The Morgan fingerprint density at radius 1 is 1.26 bits per heavy atom. The minimum Gasteiger partial charge on any atom is -0.388 e. The average molecular weight is 374 g/mol. The molecule has 1 saturated carbocycles. The lowest BCUT2D eigenvalue weighted by atomic mass is 9.56. The van der Waals surface area contributed by atoms with Crippen LogP contribution in [0.15, 0.2) is 24.3 Å². The van der Waals surface area contributed by atoms with Crippen molar-refractivity contribution in [2.75, 3.05) is 19.7 Å². The smallest absolute Gasteiger partial charge is 0.261 e. The summed E-state index contributed by atoms with van der Waals surface area (Å²) in [4.78, 5) is 26.1. The van der Waals surface area contributed by atoms with Crippen molar-refractivity contribution in [2.45, 2.75) is 58.3 Å². The molecule has 0 bridgehead atoms. The van der Waals surface area contributed by atoms with E-state index in [-0.39, 0.29) is 29.4 Å². The van der Waals surface area contributed by atoms with Crippen LogP contribution >= 0.6 is 0 Å². The van der Waals surface area contributed by atoms with Gasteiger partial charge in [0.1, 0.15) is 0 Å². The first kappa shape index (κ1) is 20.0. The van der Waals surface area contributed by atoms with Crippen LogP contribution in [0.1, 0.15) is 61.3 Å². The first-order chi connectivity index (χ1) is 12.7. The number of carbonyl (C=O) groups excluding carboxylic acids is 2. The summed E-state index contributed by atoms with van der Waals surface area (Å²) in [6.07, 6.45) is 1.32. The summed E-state index contributed by atoms with van der Waals surface area (Å²) < 4.78 is 5.70. The Morgan fingerprint density at radius 3 is 2.37 bits per heavy atom. The molecule has 0 aromatic heterocycles. The lowest BCUT2D eigenvalue weighted by Gasteiger charge is -2.58. The van der Waals surface area contributed by atoms with E-state index in [1.54, 1.807) is 24.3 Å². The van der Waals surface area contributed by atoms with E-state index >= 15 is 0 Å². The minimum absolute atomic E-state index is 0.0697. The van der Waals surface area contributed by atoms with Crippen molar-refractivity contribution in [3.63, 3.8) is 0 Å². The monoisotopic (exact) mass is 374 g/mol. The molecule has 1 aliphatic heterocycles. The standard InChI is InChI=1S/C21H30N2O4/c1-5-27-17-12-21(26,20(17,3)4)13-22-14(2)10-11-23-18(24)15-8-6-7-9-16(15)19(23)25/h6-9,14,17,22,26H,5,10-13H2,1-4H3/t14-,17+,21-/m0/s1. The van der Waals surface area contributed by atoms with Gasteiger partial charge in [-0.15, -0.1) is 0 Å². The van der Waals surface area contributed by atoms with Crippen LogP contribution in [0.5, 0.6) is 0 Å². The van der Waals surface area contributed by atoms with Crippen molar-refractivity contribution >= 4 is 11.8 Å². The lowest BCUT2D eigenvalue weighted by molar-refractivity contribution is -0.238. The van der Waals surface area contributed by atoms with Crippen LogP contribution in [0.25, 0.3) is 0 Å². The molecule has 1 heterocycles. The highest BCUT2D eigenvalue weighted by Gasteiger charge is 2.59. The molecule has 0 spiro atoms. The number of aliphatic hydroxyl groups is 1. The van der Waals surface area contributed by atoms with E-state index in [4.69, 9.17) is 4.74 Å². The maximum Gasteiger partial charge on any atom is 0.261 e. The summed E-state index contributed by atoms with van der Waals surface area (Å²) in [5.41, 5.74) is -0.152. The molecule has 0 saturated heterocycles. The van der Waals surface area contributed by atoms with E-state index in [2.05, 4.69) is 5.32 Å². The molecule has 1 fully saturated rings. The predicted molar refractivity (Wildman–Crippen MR) is 103 cm³/mol. The van der Waals surface area contributed by atoms with Gasteiger partial charge in [-0.1, -0.05) is 26.0 Å². The van der Waals surface area contributed by atoms with Crippen LogP contribution in [0, 0.1) is 5.41 Å². The molecular formula is C21H30N2O4. The summed E-state index contributed by atoms with van der Waals surface area (Å²) in [6, 6.07) is 7.00. The van der Waals surface area contributed by atoms with E-state index in [1.807, 2.05) is 27.7 Å². The van der Waals surface area contributed by atoms with Crippen LogP contribution in [-0.2, 0) is 4.74 Å². The number of fused-ring (bicyclic) bond motifs is 1. The Morgan fingerprint density at radius 2 is 1.85 bits per heavy atom. The number of rotatable bonds is 8. The topological polar surface area (TPSA) is 78.9 Å². The van der Waals surface area contributed by atoms with Crippen LogP contribution in [0.3, 0.4) is 0 Å². The van der Waals surface area contributed by atoms with Crippen LogP contribution in [-0.4, -0.2) is 59.3 Å². The van der Waals surface area contributed by atoms with Crippen molar-refractivity contribution in [2.24, 2.45) is 5.41 Å². The van der Waals surface area contributed by atoms with Gasteiger partial charge in [0.15, 0.2) is 0 Å². The van der Waals surface area contributed by atoms with Gasteiger partial charge in [0.25, 0.3) is 11.8 Å². The number of benzene rings is 1. The fourth-order valence-corrected chi connectivity index (χ4v) is 3.97. The molecular weight excluding hydrogens is 344 g/mol. The largest absolute Gasteiger partial charge is 0.388 e. The Labute approximate surface area is 160 Å².